The number of amides is 2. The quantitative estimate of drug-likeness (QED) is 0.475. The molecule has 7 heteroatoms. The Labute approximate surface area is 182 Å². The summed E-state index contributed by atoms with van der Waals surface area (Å²) in [5.41, 5.74) is -0.546. The highest BCUT2D eigenvalue weighted by Gasteiger charge is 2.23. The van der Waals surface area contributed by atoms with Crippen molar-refractivity contribution in [2.75, 3.05) is 13.1 Å². The molecule has 0 fully saturated rings. The summed E-state index contributed by atoms with van der Waals surface area (Å²) in [6, 6.07) is 8.10. The van der Waals surface area contributed by atoms with Crippen LogP contribution in [0.5, 0.6) is 0 Å². The molecular formula is C22H32N2O3S2. The lowest BCUT2D eigenvalue weighted by Crippen LogP contribution is -2.40. The predicted molar refractivity (Wildman–Crippen MR) is 120 cm³/mol. The molecule has 2 aromatic rings. The van der Waals surface area contributed by atoms with Gasteiger partial charge in [0.15, 0.2) is 0 Å². The van der Waals surface area contributed by atoms with Gasteiger partial charge in [0.2, 0.25) is 5.91 Å². The number of thiophene rings is 2. The first-order valence-electron chi connectivity index (χ1n) is 10.1. The Bertz CT molecular complexity index is 700. The van der Waals surface area contributed by atoms with Gasteiger partial charge < -0.3 is 14.5 Å². The molecule has 2 heterocycles. The molecule has 0 atom stereocenters. The lowest BCUT2D eigenvalue weighted by atomic mass is 10.2. The van der Waals surface area contributed by atoms with Crippen molar-refractivity contribution < 1.29 is 14.3 Å². The van der Waals surface area contributed by atoms with Gasteiger partial charge in [0.05, 0.1) is 13.1 Å². The third-order valence-corrected chi connectivity index (χ3v) is 5.96. The molecule has 29 heavy (non-hydrogen) atoms. The van der Waals surface area contributed by atoms with E-state index in [1.807, 2.05) is 60.7 Å². The summed E-state index contributed by atoms with van der Waals surface area (Å²) in [4.78, 5) is 31.4. The zero-order valence-electron chi connectivity index (χ0n) is 17.8. The summed E-state index contributed by atoms with van der Waals surface area (Å²) in [6.07, 6.45) is 1.82. The van der Waals surface area contributed by atoms with Gasteiger partial charge in [0.25, 0.3) is 0 Å². The Morgan fingerprint density at radius 3 is 2.00 bits per heavy atom. The highest BCUT2D eigenvalue weighted by atomic mass is 32.1. The van der Waals surface area contributed by atoms with E-state index in [9.17, 15) is 9.59 Å². The van der Waals surface area contributed by atoms with E-state index in [0.717, 1.165) is 22.6 Å². The van der Waals surface area contributed by atoms with Gasteiger partial charge in [-0.3, -0.25) is 4.79 Å². The SMILES string of the molecule is CCCCN(CCC(=O)N(Cc1cccs1)Cc1cccs1)C(=O)OC(C)(C)C. The normalized spacial score (nSPS) is 11.3. The fraction of sp³-hybridized carbons (Fsp3) is 0.545. The smallest absolute Gasteiger partial charge is 0.410 e. The molecule has 0 N–H and O–H groups in total. The molecular weight excluding hydrogens is 404 g/mol. The molecule has 0 aromatic carbocycles. The first-order valence-corrected chi connectivity index (χ1v) is 11.8. The number of hydrogen-bond acceptors (Lipinski definition) is 5. The molecule has 2 aromatic heterocycles. The average molecular weight is 437 g/mol. The minimum atomic E-state index is -0.546. The number of hydrogen-bond donors (Lipinski definition) is 0. The molecule has 2 amide bonds. The van der Waals surface area contributed by atoms with Crippen LogP contribution in [0.4, 0.5) is 4.79 Å². The Morgan fingerprint density at radius 1 is 0.966 bits per heavy atom. The first-order chi connectivity index (χ1) is 13.8. The van der Waals surface area contributed by atoms with E-state index in [0.29, 0.717) is 32.6 Å². The van der Waals surface area contributed by atoms with E-state index in [-0.39, 0.29) is 12.0 Å². The second-order valence-corrected chi connectivity index (χ2v) is 10.0. The van der Waals surface area contributed by atoms with Gasteiger partial charge in [0, 0.05) is 29.3 Å². The number of ether oxygens (including phenoxy) is 1. The predicted octanol–water partition coefficient (Wildman–Crippen LogP) is 5.77. The van der Waals surface area contributed by atoms with E-state index in [2.05, 4.69) is 6.92 Å². The van der Waals surface area contributed by atoms with E-state index in [4.69, 9.17) is 4.74 Å². The number of rotatable bonds is 10. The molecule has 0 bridgehead atoms. The zero-order valence-corrected chi connectivity index (χ0v) is 19.5. The Kier molecular flexibility index (Phi) is 9.17. The van der Waals surface area contributed by atoms with Crippen LogP contribution in [0.25, 0.3) is 0 Å². The number of unbranched alkanes of at least 4 members (excludes halogenated alkanes) is 1. The maximum atomic E-state index is 13.0. The highest BCUT2D eigenvalue weighted by molar-refractivity contribution is 7.10. The Balaban J connectivity index is 2.01. The summed E-state index contributed by atoms with van der Waals surface area (Å²) in [6.45, 7) is 9.83. The fourth-order valence-electron chi connectivity index (χ4n) is 2.77. The third kappa shape index (κ3) is 8.58. The number of carbonyl (C=O) groups excluding carboxylic acids is 2. The van der Waals surface area contributed by atoms with Crippen LogP contribution in [0.1, 0.15) is 56.7 Å². The van der Waals surface area contributed by atoms with Gasteiger partial charge in [-0.15, -0.1) is 22.7 Å². The van der Waals surface area contributed by atoms with Crippen LogP contribution in [0.15, 0.2) is 35.0 Å². The summed E-state index contributed by atoms with van der Waals surface area (Å²) < 4.78 is 5.53. The molecule has 0 radical (unpaired) electrons. The fourth-order valence-corrected chi connectivity index (χ4v) is 4.21. The van der Waals surface area contributed by atoms with Crippen molar-refractivity contribution >= 4 is 34.7 Å². The van der Waals surface area contributed by atoms with Crippen molar-refractivity contribution in [3.63, 3.8) is 0 Å². The minimum absolute atomic E-state index is 0.0526. The first kappa shape index (κ1) is 23.4. The van der Waals surface area contributed by atoms with E-state index in [1.165, 1.54) is 0 Å². The highest BCUT2D eigenvalue weighted by Crippen LogP contribution is 2.18. The number of nitrogens with zero attached hydrogens (tertiary/aromatic N) is 2. The van der Waals surface area contributed by atoms with Gasteiger partial charge in [-0.25, -0.2) is 4.79 Å². The molecule has 2 rings (SSSR count). The largest absolute Gasteiger partial charge is 0.444 e. The van der Waals surface area contributed by atoms with Crippen molar-refractivity contribution in [3.8, 4) is 0 Å². The van der Waals surface area contributed by atoms with Crippen molar-refractivity contribution in [2.45, 2.75) is 65.6 Å². The summed E-state index contributed by atoms with van der Waals surface area (Å²) in [7, 11) is 0. The Morgan fingerprint density at radius 2 is 1.55 bits per heavy atom. The lowest BCUT2D eigenvalue weighted by molar-refractivity contribution is -0.132. The van der Waals surface area contributed by atoms with E-state index >= 15 is 0 Å². The van der Waals surface area contributed by atoms with Crippen LogP contribution in [0.3, 0.4) is 0 Å². The van der Waals surface area contributed by atoms with Crippen LogP contribution in [0, 0.1) is 0 Å². The molecule has 0 aliphatic heterocycles. The van der Waals surface area contributed by atoms with Gasteiger partial charge in [-0.1, -0.05) is 25.5 Å². The van der Waals surface area contributed by atoms with Crippen LogP contribution >= 0.6 is 22.7 Å². The zero-order chi connectivity index (χ0) is 21.3. The van der Waals surface area contributed by atoms with Gasteiger partial charge in [-0.2, -0.15) is 0 Å². The molecule has 0 aliphatic rings. The molecule has 0 saturated carbocycles. The van der Waals surface area contributed by atoms with Crippen molar-refractivity contribution in [1.29, 1.82) is 0 Å². The second-order valence-electron chi connectivity index (χ2n) is 7.98. The topological polar surface area (TPSA) is 49.9 Å². The van der Waals surface area contributed by atoms with Gasteiger partial charge in [-0.05, 0) is 50.1 Å². The van der Waals surface area contributed by atoms with Crippen LogP contribution in [-0.2, 0) is 22.6 Å². The van der Waals surface area contributed by atoms with Crippen LogP contribution in [0.2, 0.25) is 0 Å². The second kappa shape index (κ2) is 11.4. The monoisotopic (exact) mass is 436 g/mol. The van der Waals surface area contributed by atoms with Crippen molar-refractivity contribution in [1.82, 2.24) is 9.80 Å². The maximum Gasteiger partial charge on any atom is 0.410 e. The van der Waals surface area contributed by atoms with Crippen LogP contribution < -0.4 is 0 Å². The summed E-state index contributed by atoms with van der Waals surface area (Å²) in [5.74, 6) is 0.0526. The van der Waals surface area contributed by atoms with Crippen molar-refractivity contribution in [2.24, 2.45) is 0 Å². The van der Waals surface area contributed by atoms with Gasteiger partial charge in [0.1, 0.15) is 5.60 Å². The Hall–Kier alpha value is -1.86. The number of carbonyl (C=O) groups is 2. The maximum absolute atomic E-state index is 13.0. The lowest BCUT2D eigenvalue weighted by Gasteiger charge is -2.28. The third-order valence-electron chi connectivity index (χ3n) is 4.24. The molecule has 5 nitrogen and oxygen atoms in total. The average Bonchev–Trinajstić information content (AvgIpc) is 3.33. The molecule has 0 saturated heterocycles. The molecule has 0 unspecified atom stereocenters. The molecule has 160 valence electrons. The van der Waals surface area contributed by atoms with Gasteiger partial charge >= 0.3 is 6.09 Å². The summed E-state index contributed by atoms with van der Waals surface area (Å²) in [5, 5.41) is 4.05. The standard InChI is InChI=1S/C22H32N2O3S2/c1-5-6-12-23(21(26)27-22(2,3)4)13-11-20(25)24(16-18-9-7-14-28-18)17-19-10-8-15-29-19/h7-10,14-15H,5-6,11-13,16-17H2,1-4H3. The van der Waals surface area contributed by atoms with Crippen molar-refractivity contribution in [3.05, 3.63) is 44.8 Å². The van der Waals surface area contributed by atoms with E-state index in [1.54, 1.807) is 27.6 Å². The minimum Gasteiger partial charge on any atom is -0.444 e. The summed E-state index contributed by atoms with van der Waals surface area (Å²) >= 11 is 3.31. The molecule has 0 spiro atoms. The van der Waals surface area contributed by atoms with E-state index < -0.39 is 5.60 Å². The molecule has 0 aliphatic carbocycles. The van der Waals surface area contributed by atoms with Crippen LogP contribution in [-0.4, -0.2) is 40.5 Å².